The largest absolute Gasteiger partial charge is 0.396 e. The van der Waals surface area contributed by atoms with Crippen LogP contribution in [0.2, 0.25) is 0 Å². The highest BCUT2D eigenvalue weighted by molar-refractivity contribution is 7.16. The Morgan fingerprint density at radius 2 is 2.33 bits per heavy atom. The predicted octanol–water partition coefficient (Wildman–Crippen LogP) is 2.65. The summed E-state index contributed by atoms with van der Waals surface area (Å²) in [5.41, 5.74) is 0. The summed E-state index contributed by atoms with van der Waals surface area (Å²) in [6.45, 7) is 0.301. The first-order chi connectivity index (χ1) is 8.86. The molecule has 0 amide bonds. The molecule has 0 aromatic carbocycles. The van der Waals surface area contributed by atoms with Crippen molar-refractivity contribution in [1.82, 2.24) is 9.97 Å². The second-order valence-corrected chi connectivity index (χ2v) is 5.81. The Morgan fingerprint density at radius 1 is 1.39 bits per heavy atom. The Labute approximate surface area is 110 Å². The molecule has 5 heteroatoms. The molecule has 18 heavy (non-hydrogen) atoms. The summed E-state index contributed by atoms with van der Waals surface area (Å²) in [6, 6.07) is 2.49. The van der Waals surface area contributed by atoms with E-state index in [1.807, 2.05) is 5.38 Å². The van der Waals surface area contributed by atoms with Gasteiger partial charge in [-0.3, -0.25) is 0 Å². The standard InChI is InChI=1S/C13H17N3OS/c17-7-9-2-1-3-10(6-9)16-12-11-4-5-18-13(11)15-8-14-12/h4-5,8-10,17H,1-3,6-7H2,(H,14,15,16)/t9-,10-/m1/s1. The van der Waals surface area contributed by atoms with Crippen molar-refractivity contribution in [3.05, 3.63) is 17.8 Å². The van der Waals surface area contributed by atoms with Gasteiger partial charge in [0.1, 0.15) is 17.0 Å². The lowest BCUT2D eigenvalue weighted by atomic mass is 9.86. The zero-order chi connectivity index (χ0) is 12.4. The monoisotopic (exact) mass is 263 g/mol. The fraction of sp³-hybridized carbons (Fsp3) is 0.538. The molecule has 0 bridgehead atoms. The Morgan fingerprint density at radius 3 is 3.22 bits per heavy atom. The van der Waals surface area contributed by atoms with Crippen molar-refractivity contribution >= 4 is 27.4 Å². The van der Waals surface area contributed by atoms with Gasteiger partial charge in [0.2, 0.25) is 0 Å². The number of aliphatic hydroxyl groups excluding tert-OH is 1. The second-order valence-electron chi connectivity index (χ2n) is 4.92. The van der Waals surface area contributed by atoms with Gasteiger partial charge >= 0.3 is 0 Å². The fourth-order valence-electron chi connectivity index (χ4n) is 2.69. The zero-order valence-corrected chi connectivity index (χ0v) is 11.0. The van der Waals surface area contributed by atoms with E-state index in [4.69, 9.17) is 0 Å². The van der Waals surface area contributed by atoms with Crippen molar-refractivity contribution in [3.8, 4) is 0 Å². The normalized spacial score (nSPS) is 24.3. The molecule has 2 N–H and O–H groups in total. The number of fused-ring (bicyclic) bond motifs is 1. The maximum absolute atomic E-state index is 9.26. The van der Waals surface area contributed by atoms with Crippen molar-refractivity contribution in [1.29, 1.82) is 0 Å². The lowest BCUT2D eigenvalue weighted by Gasteiger charge is -2.29. The van der Waals surface area contributed by atoms with Gasteiger partial charge in [0.25, 0.3) is 0 Å². The smallest absolute Gasteiger partial charge is 0.138 e. The summed E-state index contributed by atoms with van der Waals surface area (Å²) >= 11 is 1.64. The summed E-state index contributed by atoms with van der Waals surface area (Å²) in [5, 5.41) is 15.9. The van der Waals surface area contributed by atoms with E-state index in [0.717, 1.165) is 35.3 Å². The number of hydrogen-bond acceptors (Lipinski definition) is 5. The minimum atomic E-state index is 0.301. The first-order valence-electron chi connectivity index (χ1n) is 6.42. The highest BCUT2D eigenvalue weighted by Gasteiger charge is 2.22. The van der Waals surface area contributed by atoms with Gasteiger partial charge in [0, 0.05) is 12.6 Å². The molecule has 2 heterocycles. The third-order valence-corrected chi connectivity index (χ3v) is 4.46. The molecule has 2 aromatic heterocycles. The van der Waals surface area contributed by atoms with Gasteiger partial charge in [-0.2, -0.15) is 0 Å². The van der Waals surface area contributed by atoms with Crippen LogP contribution < -0.4 is 5.32 Å². The first kappa shape index (κ1) is 11.9. The molecule has 1 fully saturated rings. The lowest BCUT2D eigenvalue weighted by molar-refractivity contribution is 0.184. The number of aromatic nitrogens is 2. The number of aliphatic hydroxyl groups is 1. The molecule has 0 saturated heterocycles. The lowest BCUT2D eigenvalue weighted by Crippen LogP contribution is -2.29. The maximum atomic E-state index is 9.26. The number of nitrogens with one attached hydrogen (secondary N) is 1. The number of rotatable bonds is 3. The van der Waals surface area contributed by atoms with Crippen molar-refractivity contribution in [2.24, 2.45) is 5.92 Å². The minimum Gasteiger partial charge on any atom is -0.396 e. The third kappa shape index (κ3) is 2.33. The Bertz CT molecular complexity index is 528. The van der Waals surface area contributed by atoms with E-state index in [1.54, 1.807) is 17.7 Å². The Kier molecular flexibility index (Phi) is 3.43. The van der Waals surface area contributed by atoms with E-state index in [-0.39, 0.29) is 0 Å². The highest BCUT2D eigenvalue weighted by Crippen LogP contribution is 2.29. The van der Waals surface area contributed by atoms with Crippen molar-refractivity contribution in [2.45, 2.75) is 31.7 Å². The van der Waals surface area contributed by atoms with Crippen LogP contribution in [0.1, 0.15) is 25.7 Å². The van der Waals surface area contributed by atoms with Gasteiger partial charge < -0.3 is 10.4 Å². The van der Waals surface area contributed by atoms with E-state index in [0.29, 0.717) is 18.6 Å². The van der Waals surface area contributed by atoms with E-state index in [2.05, 4.69) is 21.4 Å². The molecular weight excluding hydrogens is 246 g/mol. The Balaban J connectivity index is 1.77. The Hall–Kier alpha value is -1.20. The van der Waals surface area contributed by atoms with Crippen molar-refractivity contribution in [3.63, 3.8) is 0 Å². The van der Waals surface area contributed by atoms with Gasteiger partial charge in [-0.25, -0.2) is 9.97 Å². The molecule has 1 aliphatic rings. The van der Waals surface area contributed by atoms with E-state index < -0.39 is 0 Å². The molecule has 0 radical (unpaired) electrons. The molecule has 0 aliphatic heterocycles. The quantitative estimate of drug-likeness (QED) is 0.894. The molecule has 96 valence electrons. The van der Waals surface area contributed by atoms with Crippen LogP contribution in [0.3, 0.4) is 0 Å². The third-order valence-electron chi connectivity index (χ3n) is 3.64. The average Bonchev–Trinajstić information content (AvgIpc) is 2.88. The van der Waals surface area contributed by atoms with Gasteiger partial charge in [0.15, 0.2) is 0 Å². The summed E-state index contributed by atoms with van der Waals surface area (Å²) < 4.78 is 0. The molecule has 4 nitrogen and oxygen atoms in total. The maximum Gasteiger partial charge on any atom is 0.138 e. The second kappa shape index (κ2) is 5.20. The number of anilines is 1. The summed E-state index contributed by atoms with van der Waals surface area (Å²) in [4.78, 5) is 9.63. The predicted molar refractivity (Wildman–Crippen MR) is 73.9 cm³/mol. The molecule has 2 atom stereocenters. The number of thiophene rings is 1. The summed E-state index contributed by atoms with van der Waals surface area (Å²) in [7, 11) is 0. The van der Waals surface area contributed by atoms with Crippen molar-refractivity contribution < 1.29 is 5.11 Å². The number of nitrogens with zero attached hydrogens (tertiary/aromatic N) is 2. The van der Waals surface area contributed by atoms with E-state index in [9.17, 15) is 5.11 Å². The van der Waals surface area contributed by atoms with Crippen molar-refractivity contribution in [2.75, 3.05) is 11.9 Å². The molecule has 0 spiro atoms. The van der Waals surface area contributed by atoms with Gasteiger partial charge in [-0.1, -0.05) is 6.42 Å². The summed E-state index contributed by atoms with van der Waals surface area (Å²) in [6.07, 6.45) is 6.14. The van der Waals surface area contributed by atoms with Gasteiger partial charge in [-0.15, -0.1) is 11.3 Å². The van der Waals surface area contributed by atoms with Gasteiger partial charge in [-0.05, 0) is 36.6 Å². The van der Waals surface area contributed by atoms with Crippen LogP contribution in [0.5, 0.6) is 0 Å². The fourth-order valence-corrected chi connectivity index (χ4v) is 3.42. The van der Waals surface area contributed by atoms with Crippen LogP contribution in [-0.4, -0.2) is 27.7 Å². The van der Waals surface area contributed by atoms with Crippen LogP contribution >= 0.6 is 11.3 Å². The molecule has 2 aromatic rings. The van der Waals surface area contributed by atoms with Crippen LogP contribution in [0, 0.1) is 5.92 Å². The number of hydrogen-bond donors (Lipinski definition) is 2. The van der Waals surface area contributed by atoms with Crippen LogP contribution in [0.4, 0.5) is 5.82 Å². The highest BCUT2D eigenvalue weighted by atomic mass is 32.1. The molecular formula is C13H17N3OS. The molecule has 1 saturated carbocycles. The molecule has 0 unspecified atom stereocenters. The van der Waals surface area contributed by atoms with E-state index >= 15 is 0 Å². The molecule has 3 rings (SSSR count). The summed E-state index contributed by atoms with van der Waals surface area (Å²) in [5.74, 6) is 1.38. The van der Waals surface area contributed by atoms with Crippen LogP contribution in [0.15, 0.2) is 17.8 Å². The zero-order valence-electron chi connectivity index (χ0n) is 10.2. The SMILES string of the molecule is OC[C@@H]1CCC[C@@H](Nc2ncnc3sccc23)C1. The minimum absolute atomic E-state index is 0.301. The van der Waals surface area contributed by atoms with E-state index in [1.165, 1.54) is 6.42 Å². The van der Waals surface area contributed by atoms with Gasteiger partial charge in [0.05, 0.1) is 5.39 Å². The van der Waals surface area contributed by atoms with Crippen LogP contribution in [0.25, 0.3) is 10.2 Å². The average molecular weight is 263 g/mol. The first-order valence-corrected chi connectivity index (χ1v) is 7.30. The molecule has 1 aliphatic carbocycles. The van der Waals surface area contributed by atoms with Crippen LogP contribution in [-0.2, 0) is 0 Å². The topological polar surface area (TPSA) is 58.0 Å².